The fraction of sp³-hybridized carbons (Fsp3) is 0.375. The van der Waals surface area contributed by atoms with Gasteiger partial charge in [0, 0.05) is 0 Å². The first-order valence-electron chi connectivity index (χ1n) is 13.1. The molecular weight excluding hydrogens is 441 g/mol. The number of hydrogen-bond donors (Lipinski definition) is 0. The molecule has 0 saturated heterocycles. The molecule has 0 aromatic heterocycles. The van der Waals surface area contributed by atoms with Crippen molar-refractivity contribution in [1.29, 1.82) is 0 Å². The molecule has 6 rings (SSSR count). The molecule has 0 radical (unpaired) electrons. The molecule has 2 heterocycles. The summed E-state index contributed by atoms with van der Waals surface area (Å²) >= 11 is 0. The maximum absolute atomic E-state index is 2.54. The van der Waals surface area contributed by atoms with Gasteiger partial charge in [-0.05, 0) is 33.0 Å². The Labute approximate surface area is 208 Å². The smallest absolute Gasteiger partial charge is 0.0796 e. The summed E-state index contributed by atoms with van der Waals surface area (Å²) in [4.78, 5) is 0. The molecule has 2 heteroatoms. The minimum absolute atomic E-state index is 0.180. The van der Waals surface area contributed by atoms with E-state index in [0.717, 1.165) is 0 Å². The molecule has 6 aliphatic rings. The Hall–Kier alpha value is -2.17. The van der Waals surface area contributed by atoms with E-state index < -0.39 is 16.1 Å². The normalized spacial score (nSPS) is 27.1. The molecule has 0 N–H and O–H groups in total. The van der Waals surface area contributed by atoms with E-state index in [1.807, 2.05) is 20.8 Å². The van der Waals surface area contributed by atoms with Crippen molar-refractivity contribution in [3.05, 3.63) is 118 Å². The lowest BCUT2D eigenvalue weighted by atomic mass is 9.91. The second-order valence-corrected chi connectivity index (χ2v) is 21.1. The summed E-state index contributed by atoms with van der Waals surface area (Å²) in [7, 11) is -4.07. The predicted molar refractivity (Wildman–Crippen MR) is 153 cm³/mol. The third-order valence-corrected chi connectivity index (χ3v) is 21.8. The Morgan fingerprint density at radius 1 is 0.412 bits per heavy atom. The van der Waals surface area contributed by atoms with Crippen molar-refractivity contribution in [3.8, 4) is 0 Å². The van der Waals surface area contributed by atoms with E-state index in [0.29, 0.717) is 22.2 Å². The fourth-order valence-electron chi connectivity index (χ4n) is 8.33. The number of rotatable bonds is 4. The van der Waals surface area contributed by atoms with Crippen LogP contribution in [0.15, 0.2) is 118 Å². The van der Waals surface area contributed by atoms with Gasteiger partial charge in [-0.25, -0.2) is 0 Å². The van der Waals surface area contributed by atoms with Crippen LogP contribution in [0.4, 0.5) is 0 Å². The first-order chi connectivity index (χ1) is 16.2. The van der Waals surface area contributed by atoms with E-state index in [2.05, 4.69) is 139 Å². The van der Waals surface area contributed by atoms with E-state index >= 15 is 0 Å². The molecule has 0 aromatic rings. The Balaban J connectivity index is 1.73. The van der Waals surface area contributed by atoms with Gasteiger partial charge >= 0.3 is 0 Å². The van der Waals surface area contributed by atoms with Gasteiger partial charge in [0.05, 0.1) is 0 Å². The summed E-state index contributed by atoms with van der Waals surface area (Å²) in [6.07, 6.45) is 38.8. The lowest BCUT2D eigenvalue weighted by molar-refractivity contribution is 0.495. The van der Waals surface area contributed by atoms with Crippen molar-refractivity contribution in [1.82, 2.24) is 0 Å². The minimum atomic E-state index is -2.03. The highest BCUT2D eigenvalue weighted by molar-refractivity contribution is 7.16. The quantitative estimate of drug-likeness (QED) is 0.354. The average molecular weight is 479 g/mol. The van der Waals surface area contributed by atoms with Crippen LogP contribution in [0.1, 0.15) is 41.5 Å². The molecule has 0 amide bonds. The van der Waals surface area contributed by atoms with Gasteiger partial charge in [-0.2, -0.15) is 0 Å². The second-order valence-electron chi connectivity index (χ2n) is 12.9. The van der Waals surface area contributed by atoms with E-state index in [9.17, 15) is 0 Å². The van der Waals surface area contributed by atoms with Crippen LogP contribution in [0.5, 0.6) is 0 Å². The monoisotopic (exact) mass is 478 g/mol. The van der Waals surface area contributed by atoms with E-state index in [1.165, 1.54) is 0 Å². The summed E-state index contributed by atoms with van der Waals surface area (Å²) in [5, 5.41) is 7.53. The lowest BCUT2D eigenvalue weighted by Crippen LogP contribution is -2.73. The van der Waals surface area contributed by atoms with Crippen molar-refractivity contribution >= 4 is 16.1 Å². The molecule has 0 bridgehead atoms. The van der Waals surface area contributed by atoms with Crippen LogP contribution in [-0.2, 0) is 0 Å². The van der Waals surface area contributed by atoms with Crippen molar-refractivity contribution in [2.24, 2.45) is 10.8 Å². The van der Waals surface area contributed by atoms with Gasteiger partial charge in [-0.1, -0.05) is 160 Å². The molecule has 0 unspecified atom stereocenters. The van der Waals surface area contributed by atoms with Crippen LogP contribution in [0.2, 0.25) is 22.2 Å². The summed E-state index contributed by atoms with van der Waals surface area (Å²) in [5.74, 6) is 0. The summed E-state index contributed by atoms with van der Waals surface area (Å²) < 4.78 is 0. The average Bonchev–Trinajstić information content (AvgIpc) is 3.55. The van der Waals surface area contributed by atoms with Gasteiger partial charge < -0.3 is 0 Å². The molecule has 0 nitrogen and oxygen atoms in total. The first-order valence-corrected chi connectivity index (χ1v) is 17.4. The molecule has 0 aromatic carbocycles. The highest BCUT2D eigenvalue weighted by atomic mass is 28.3. The van der Waals surface area contributed by atoms with Gasteiger partial charge in [0.2, 0.25) is 0 Å². The van der Waals surface area contributed by atoms with Gasteiger partial charge in [-0.15, -0.1) is 0 Å². The van der Waals surface area contributed by atoms with Crippen LogP contribution in [-0.4, -0.2) is 16.1 Å². The van der Waals surface area contributed by atoms with E-state index in [1.54, 1.807) is 0 Å². The minimum Gasteiger partial charge on any atom is -0.0796 e. The summed E-state index contributed by atoms with van der Waals surface area (Å²) in [5.41, 5.74) is 2.61. The topological polar surface area (TPSA) is 0 Å². The van der Waals surface area contributed by atoms with E-state index in [-0.39, 0.29) is 10.8 Å². The van der Waals surface area contributed by atoms with E-state index in [4.69, 9.17) is 0 Å². The van der Waals surface area contributed by atoms with Gasteiger partial charge in [0.25, 0.3) is 0 Å². The largest absolute Gasteiger partial charge is 0.134 e. The third-order valence-electron chi connectivity index (χ3n) is 9.00. The predicted octanol–water partition coefficient (Wildman–Crippen LogP) is 8.74. The summed E-state index contributed by atoms with van der Waals surface area (Å²) in [6, 6.07) is 0. The zero-order valence-corrected chi connectivity index (χ0v) is 23.5. The highest BCUT2D eigenvalue weighted by Gasteiger charge is 2.75. The Bertz CT molecular complexity index is 1030. The lowest BCUT2D eigenvalue weighted by Gasteiger charge is -2.71. The molecule has 34 heavy (non-hydrogen) atoms. The van der Waals surface area contributed by atoms with Gasteiger partial charge in [0.1, 0.15) is 16.1 Å². The molecule has 0 saturated carbocycles. The summed E-state index contributed by atoms with van der Waals surface area (Å²) in [6.45, 7) is 15.0. The zero-order valence-electron chi connectivity index (χ0n) is 21.5. The number of hydrogen-bond acceptors (Lipinski definition) is 0. The molecule has 0 atom stereocenters. The van der Waals surface area contributed by atoms with Crippen molar-refractivity contribution in [3.63, 3.8) is 0 Å². The second kappa shape index (κ2) is 7.18. The maximum atomic E-state index is 2.54. The number of fused-ring (bicyclic) bond motifs is 1. The van der Waals surface area contributed by atoms with Crippen LogP contribution < -0.4 is 0 Å². The van der Waals surface area contributed by atoms with Crippen LogP contribution >= 0.6 is 0 Å². The Kier molecular flexibility index (Phi) is 4.71. The Morgan fingerprint density at radius 2 is 0.618 bits per heavy atom. The van der Waals surface area contributed by atoms with Crippen molar-refractivity contribution < 1.29 is 0 Å². The van der Waals surface area contributed by atoms with Crippen LogP contribution in [0, 0.1) is 10.8 Å². The van der Waals surface area contributed by atoms with Crippen molar-refractivity contribution in [2.45, 2.75) is 63.7 Å². The molecular formula is C32H38Si2. The number of allylic oxidation sites excluding steroid dienone is 20. The first kappa shape index (κ1) is 22.3. The maximum Gasteiger partial charge on any atom is 0.134 e. The van der Waals surface area contributed by atoms with Crippen LogP contribution in [0.25, 0.3) is 0 Å². The van der Waals surface area contributed by atoms with Crippen molar-refractivity contribution in [2.75, 3.05) is 0 Å². The van der Waals surface area contributed by atoms with Crippen LogP contribution in [0.3, 0.4) is 0 Å². The Morgan fingerprint density at radius 3 is 0.794 bits per heavy atom. The zero-order chi connectivity index (χ0) is 23.9. The molecule has 0 fully saturated rings. The standard InChI is InChI=1S/C32H38Si2/c1-31(2,3)29-27-28(33(29,23-15-7-8-16-23)24-17-9-10-18-24)30(32(4,5)6)34(27,25-19-11-12-20-25)26-21-13-14-22-26/h7-26H,1-6H3. The molecule has 0 spiro atoms. The molecule has 174 valence electrons. The molecule has 2 aliphatic heterocycles. The highest BCUT2D eigenvalue weighted by Crippen LogP contribution is 2.76. The SMILES string of the molecule is CC(C)(C)C1=C2C(=C(C(C)(C)C)[Si]2(C2C=CC=C2)C2C=CC=C2)[Si]1(C1C=CC=C1)C1C=CC=C1. The molecule has 4 aliphatic carbocycles. The third kappa shape index (κ3) is 2.59. The van der Waals surface area contributed by atoms with Gasteiger partial charge in [-0.3, -0.25) is 0 Å². The fourth-order valence-corrected chi connectivity index (χ4v) is 25.3. The van der Waals surface area contributed by atoms with Gasteiger partial charge in [0.15, 0.2) is 0 Å².